The summed E-state index contributed by atoms with van der Waals surface area (Å²) in [5.41, 5.74) is 1.52. The van der Waals surface area contributed by atoms with Crippen LogP contribution in [0.3, 0.4) is 0 Å². The van der Waals surface area contributed by atoms with Crippen molar-refractivity contribution >= 4 is 57.7 Å². The third kappa shape index (κ3) is 5.09. The zero-order valence-corrected chi connectivity index (χ0v) is 21.1. The van der Waals surface area contributed by atoms with Gasteiger partial charge in [0.25, 0.3) is 5.78 Å². The van der Waals surface area contributed by atoms with Crippen molar-refractivity contribution in [2.45, 2.75) is 51.6 Å². The van der Waals surface area contributed by atoms with E-state index in [1.54, 1.807) is 11.3 Å². The number of rotatable bonds is 10. The van der Waals surface area contributed by atoms with E-state index in [1.165, 1.54) is 23.1 Å². The molecule has 4 rings (SSSR count). The lowest BCUT2D eigenvalue weighted by Crippen LogP contribution is -2.17. The fourth-order valence-corrected chi connectivity index (χ4v) is 5.79. The maximum Gasteiger partial charge on any atom is 0.341 e. The quantitative estimate of drug-likeness (QED) is 0.279. The molecule has 1 aliphatic carbocycles. The van der Waals surface area contributed by atoms with Crippen LogP contribution in [-0.4, -0.2) is 61.9 Å². The normalized spacial score (nSPS) is 12.9. The minimum atomic E-state index is -0.378. The molecule has 1 amide bonds. The van der Waals surface area contributed by atoms with Crippen LogP contribution in [0.5, 0.6) is 0 Å². The van der Waals surface area contributed by atoms with Crippen LogP contribution < -0.4 is 16.0 Å². The van der Waals surface area contributed by atoms with Crippen LogP contribution in [0.4, 0.5) is 16.9 Å². The molecule has 0 fully saturated rings. The maximum absolute atomic E-state index is 12.8. The van der Waals surface area contributed by atoms with E-state index in [1.807, 2.05) is 13.8 Å². The Bertz CT molecular complexity index is 1190. The molecule has 0 saturated carbocycles. The van der Waals surface area contributed by atoms with Crippen molar-refractivity contribution in [2.75, 3.05) is 41.4 Å². The zero-order valence-electron chi connectivity index (χ0n) is 19.4. The van der Waals surface area contributed by atoms with Gasteiger partial charge in [-0.15, -0.1) is 21.5 Å². The molecule has 3 aromatic heterocycles. The first-order chi connectivity index (χ1) is 16.5. The molecule has 0 radical (unpaired) electrons. The smallest absolute Gasteiger partial charge is 0.341 e. The highest BCUT2D eigenvalue weighted by molar-refractivity contribution is 7.99. The van der Waals surface area contributed by atoms with Crippen molar-refractivity contribution in [2.24, 2.45) is 0 Å². The zero-order chi connectivity index (χ0) is 24.1. The Labute approximate surface area is 205 Å². The minimum absolute atomic E-state index is 0.0894. The Balaban J connectivity index is 1.52. The van der Waals surface area contributed by atoms with Gasteiger partial charge in [-0.05, 0) is 52.0 Å². The van der Waals surface area contributed by atoms with Crippen LogP contribution in [0.25, 0.3) is 5.78 Å². The van der Waals surface area contributed by atoms with Crippen molar-refractivity contribution in [3.05, 3.63) is 16.0 Å². The molecule has 3 heterocycles. The highest BCUT2D eigenvalue weighted by Gasteiger charge is 2.27. The number of aryl methyl sites for hydroxylation is 1. The SMILES string of the molecule is CCNc1nc(NCC)n2c(SCC(=O)Nc3sc4c(c3C(=O)OCC)CCCC4)nnc2n1. The Morgan fingerprint density at radius 2 is 1.88 bits per heavy atom. The number of thiophene rings is 1. The molecule has 0 atom stereocenters. The number of carbonyl (C=O) groups is 2. The molecule has 0 saturated heterocycles. The standard InChI is InChI=1S/C21H28N8O3S2/c1-4-22-18-25-19(23-5-2)29-20(26-18)27-28-21(29)33-11-14(30)24-16-15(17(31)32-6-3)12-9-7-8-10-13(12)34-16/h4-11H2,1-3H3,(H,24,30)(H2,22,23,25,26,27). The van der Waals surface area contributed by atoms with Crippen LogP contribution in [0, 0.1) is 0 Å². The van der Waals surface area contributed by atoms with E-state index in [-0.39, 0.29) is 17.6 Å². The summed E-state index contributed by atoms with van der Waals surface area (Å²) in [4.78, 5) is 35.5. The maximum atomic E-state index is 12.8. The summed E-state index contributed by atoms with van der Waals surface area (Å²) in [6, 6.07) is 0. The van der Waals surface area contributed by atoms with Crippen molar-refractivity contribution in [1.82, 2.24) is 24.6 Å². The second kappa shape index (κ2) is 11.0. The van der Waals surface area contributed by atoms with Gasteiger partial charge in [0.1, 0.15) is 5.00 Å². The van der Waals surface area contributed by atoms with Crippen LogP contribution in [0.1, 0.15) is 54.4 Å². The Morgan fingerprint density at radius 1 is 1.09 bits per heavy atom. The van der Waals surface area contributed by atoms with Gasteiger partial charge in [-0.1, -0.05) is 11.8 Å². The van der Waals surface area contributed by atoms with E-state index in [2.05, 4.69) is 36.1 Å². The van der Waals surface area contributed by atoms with Crippen molar-refractivity contribution in [1.29, 1.82) is 0 Å². The second-order valence-corrected chi connectivity index (χ2v) is 9.57. The van der Waals surface area contributed by atoms with Crippen LogP contribution in [0.15, 0.2) is 5.16 Å². The number of esters is 1. The van der Waals surface area contributed by atoms with Gasteiger partial charge >= 0.3 is 5.97 Å². The van der Waals surface area contributed by atoms with Gasteiger partial charge in [0.05, 0.1) is 17.9 Å². The van der Waals surface area contributed by atoms with E-state index in [4.69, 9.17) is 4.74 Å². The lowest BCUT2D eigenvalue weighted by molar-refractivity contribution is -0.113. The Kier molecular flexibility index (Phi) is 7.83. The highest BCUT2D eigenvalue weighted by Crippen LogP contribution is 2.38. The van der Waals surface area contributed by atoms with Gasteiger partial charge < -0.3 is 20.7 Å². The molecule has 3 N–H and O–H groups in total. The van der Waals surface area contributed by atoms with E-state index in [0.29, 0.717) is 53.1 Å². The molecule has 0 unspecified atom stereocenters. The molecule has 0 bridgehead atoms. The number of anilines is 3. The number of amides is 1. The number of fused-ring (bicyclic) bond motifs is 2. The lowest BCUT2D eigenvalue weighted by Gasteiger charge is -2.12. The van der Waals surface area contributed by atoms with E-state index < -0.39 is 0 Å². The number of ether oxygens (including phenoxy) is 1. The van der Waals surface area contributed by atoms with E-state index >= 15 is 0 Å². The third-order valence-corrected chi connectivity index (χ3v) is 7.29. The van der Waals surface area contributed by atoms with Gasteiger partial charge in [0.15, 0.2) is 5.16 Å². The van der Waals surface area contributed by atoms with E-state index in [9.17, 15) is 9.59 Å². The van der Waals surface area contributed by atoms with Crippen LogP contribution >= 0.6 is 23.1 Å². The van der Waals surface area contributed by atoms with E-state index in [0.717, 1.165) is 36.1 Å². The van der Waals surface area contributed by atoms with Crippen LogP contribution in [-0.2, 0) is 22.4 Å². The number of carbonyl (C=O) groups excluding carboxylic acids is 2. The number of hydrogen-bond donors (Lipinski definition) is 3. The summed E-state index contributed by atoms with van der Waals surface area (Å²) >= 11 is 2.70. The molecule has 0 aliphatic heterocycles. The highest BCUT2D eigenvalue weighted by atomic mass is 32.2. The molecule has 3 aromatic rings. The molecule has 0 aromatic carbocycles. The van der Waals surface area contributed by atoms with Crippen LogP contribution in [0.2, 0.25) is 0 Å². The largest absolute Gasteiger partial charge is 0.462 e. The average Bonchev–Trinajstić information content (AvgIpc) is 3.39. The minimum Gasteiger partial charge on any atom is -0.462 e. The third-order valence-electron chi connectivity index (χ3n) is 5.15. The fourth-order valence-electron chi connectivity index (χ4n) is 3.76. The molecule has 11 nitrogen and oxygen atoms in total. The number of aromatic nitrogens is 5. The summed E-state index contributed by atoms with van der Waals surface area (Å²) < 4.78 is 6.96. The second-order valence-electron chi connectivity index (χ2n) is 7.52. The van der Waals surface area contributed by atoms with Gasteiger partial charge in [-0.25, -0.2) is 9.20 Å². The summed E-state index contributed by atoms with van der Waals surface area (Å²) in [5.74, 6) is 0.873. The summed E-state index contributed by atoms with van der Waals surface area (Å²) in [6.07, 6.45) is 3.87. The first-order valence-corrected chi connectivity index (χ1v) is 13.2. The van der Waals surface area contributed by atoms with Gasteiger partial charge in [0.2, 0.25) is 17.8 Å². The fraction of sp³-hybridized carbons (Fsp3) is 0.524. The first kappa shape index (κ1) is 24.2. The van der Waals surface area contributed by atoms with Crippen molar-refractivity contribution < 1.29 is 14.3 Å². The van der Waals surface area contributed by atoms with Crippen molar-refractivity contribution in [3.63, 3.8) is 0 Å². The summed E-state index contributed by atoms with van der Waals surface area (Å²) in [5, 5.41) is 18.6. The summed E-state index contributed by atoms with van der Waals surface area (Å²) in [7, 11) is 0. The number of thioether (sulfide) groups is 1. The number of nitrogens with zero attached hydrogens (tertiary/aromatic N) is 5. The number of nitrogens with one attached hydrogen (secondary N) is 3. The lowest BCUT2D eigenvalue weighted by atomic mass is 9.95. The predicted molar refractivity (Wildman–Crippen MR) is 133 cm³/mol. The number of hydrogen-bond acceptors (Lipinski definition) is 11. The molecule has 1 aliphatic rings. The summed E-state index contributed by atoms with van der Waals surface area (Å²) in [6.45, 7) is 7.33. The molecule has 0 spiro atoms. The average molecular weight is 505 g/mol. The molecular weight excluding hydrogens is 476 g/mol. The molecular formula is C21H28N8O3S2. The molecule has 34 heavy (non-hydrogen) atoms. The monoisotopic (exact) mass is 504 g/mol. The first-order valence-electron chi connectivity index (χ1n) is 11.4. The predicted octanol–water partition coefficient (Wildman–Crippen LogP) is 3.23. The van der Waals surface area contributed by atoms with Gasteiger partial charge in [0, 0.05) is 18.0 Å². The topological polar surface area (TPSA) is 135 Å². The molecule has 182 valence electrons. The van der Waals surface area contributed by atoms with Gasteiger partial charge in [-0.3, -0.25) is 4.79 Å². The Hall–Kier alpha value is -2.93. The molecule has 13 heteroatoms. The Morgan fingerprint density at radius 3 is 2.65 bits per heavy atom. The van der Waals surface area contributed by atoms with Gasteiger partial charge in [-0.2, -0.15) is 9.97 Å². The van der Waals surface area contributed by atoms with Crippen molar-refractivity contribution in [3.8, 4) is 0 Å².